The number of ether oxygens (including phenoxy) is 1. The van der Waals surface area contributed by atoms with E-state index in [0.717, 1.165) is 25.9 Å². The number of nitrogens with zero attached hydrogens (tertiary/aromatic N) is 1. The lowest BCUT2D eigenvalue weighted by atomic mass is 10.0. The van der Waals surface area contributed by atoms with Gasteiger partial charge in [0.15, 0.2) is 5.43 Å². The second-order valence-corrected chi connectivity index (χ2v) is 8.85. The maximum atomic E-state index is 13.0. The number of likely N-dealkylation sites (N-methyl/N-ethyl adjacent to an activating group) is 1. The topological polar surface area (TPSA) is 46.5 Å². The molecule has 0 aliphatic carbocycles. The molecule has 0 radical (unpaired) electrons. The molecule has 1 aromatic heterocycles. The monoisotopic (exact) mass is 407 g/mol. The van der Waals surface area contributed by atoms with Crippen molar-refractivity contribution in [3.05, 3.63) is 51.7 Å². The van der Waals surface area contributed by atoms with Crippen LogP contribution in [0.15, 0.2) is 35.1 Å². The van der Waals surface area contributed by atoms with E-state index in [1.54, 1.807) is 18.3 Å². The smallest absolute Gasteiger partial charge is 0.258 e. The highest BCUT2D eigenvalue weighted by Gasteiger charge is 2.31. The van der Waals surface area contributed by atoms with Crippen LogP contribution in [0.3, 0.4) is 0 Å². The molecule has 0 amide bonds. The number of hydrogen-bond donors (Lipinski definition) is 1. The molecule has 2 unspecified atom stereocenters. The zero-order chi connectivity index (χ0) is 19.2. The Kier molecular flexibility index (Phi) is 6.22. The number of halogens is 1. The Labute approximate surface area is 170 Å². The molecule has 0 fully saturated rings. The Morgan fingerprint density at radius 2 is 1.70 bits per heavy atom. The van der Waals surface area contributed by atoms with Gasteiger partial charge in [0, 0.05) is 20.2 Å². The summed E-state index contributed by atoms with van der Waals surface area (Å²) in [5, 5.41) is 11.6. The molecular formula is C21H26ClNO3S. The highest BCUT2D eigenvalue weighted by molar-refractivity contribution is 7.24. The number of aliphatic hydroxyl groups excluding tert-OH is 1. The number of benzene rings is 2. The van der Waals surface area contributed by atoms with Crippen LogP contribution in [0.25, 0.3) is 20.2 Å². The van der Waals surface area contributed by atoms with Gasteiger partial charge in [-0.25, -0.2) is 0 Å². The van der Waals surface area contributed by atoms with Crippen LogP contribution in [0.4, 0.5) is 0 Å². The predicted octanol–water partition coefficient (Wildman–Crippen LogP) is 0.827. The summed E-state index contributed by atoms with van der Waals surface area (Å²) in [5.41, 5.74) is 2.08. The van der Waals surface area contributed by atoms with Crippen LogP contribution >= 0.6 is 11.3 Å². The zero-order valence-electron chi connectivity index (χ0n) is 16.5. The molecule has 146 valence electrons. The molecule has 1 heterocycles. The van der Waals surface area contributed by atoms with Crippen molar-refractivity contribution in [3.63, 3.8) is 0 Å². The van der Waals surface area contributed by atoms with Crippen LogP contribution in [0.2, 0.25) is 0 Å². The Balaban J connectivity index is 0.00000261. The van der Waals surface area contributed by atoms with Gasteiger partial charge in [0.1, 0.15) is 11.9 Å². The molecule has 4 nitrogen and oxygen atoms in total. The van der Waals surface area contributed by atoms with Gasteiger partial charge in [0.25, 0.3) is 6.23 Å². The molecule has 6 heteroatoms. The molecule has 2 aromatic carbocycles. The number of aliphatic hydroxyl groups is 1. The molecule has 0 saturated heterocycles. The first-order valence-corrected chi connectivity index (χ1v) is 9.54. The summed E-state index contributed by atoms with van der Waals surface area (Å²) in [6.07, 6.45) is -1.07. The first kappa shape index (κ1) is 21.6. The maximum absolute atomic E-state index is 13.0. The second kappa shape index (κ2) is 7.76. The lowest BCUT2D eigenvalue weighted by molar-refractivity contribution is -0.918. The van der Waals surface area contributed by atoms with Crippen LogP contribution in [-0.2, 0) is 0 Å². The summed E-state index contributed by atoms with van der Waals surface area (Å²) < 4.78 is 8.66. The fraction of sp³-hybridized carbons (Fsp3) is 0.381. The third kappa shape index (κ3) is 3.97. The molecule has 0 aliphatic heterocycles. The van der Waals surface area contributed by atoms with Gasteiger partial charge in [-0.2, -0.15) is 0 Å². The number of aryl methyl sites for hydroxylation is 1. The lowest BCUT2D eigenvalue weighted by Crippen LogP contribution is -3.00. The summed E-state index contributed by atoms with van der Waals surface area (Å²) in [6, 6.07) is 9.54. The molecule has 0 bridgehead atoms. The summed E-state index contributed by atoms with van der Waals surface area (Å²) >= 11 is 1.64. The summed E-state index contributed by atoms with van der Waals surface area (Å²) in [7, 11) is 5.94. The molecule has 0 aliphatic rings. The molecule has 0 spiro atoms. The average molecular weight is 408 g/mol. The molecule has 2 atom stereocenters. The Morgan fingerprint density at radius 3 is 2.30 bits per heavy atom. The van der Waals surface area contributed by atoms with E-state index in [1.807, 2.05) is 65.3 Å². The van der Waals surface area contributed by atoms with Crippen molar-refractivity contribution >= 4 is 31.5 Å². The molecule has 3 aromatic rings. The minimum absolute atomic E-state index is 0. The van der Waals surface area contributed by atoms with Crippen molar-refractivity contribution in [1.82, 2.24) is 0 Å². The highest BCUT2D eigenvalue weighted by atomic mass is 35.5. The van der Waals surface area contributed by atoms with E-state index in [4.69, 9.17) is 4.74 Å². The van der Waals surface area contributed by atoms with Crippen molar-refractivity contribution < 1.29 is 26.7 Å². The minimum Gasteiger partial charge on any atom is -1.00 e. The minimum atomic E-state index is -0.642. The SMILES string of the molecule is Cc1c(OC(C(C)O)[N+](C)(C)C)cc2c(=O)c3ccccc3sc2c1C.[Cl-]. The van der Waals surface area contributed by atoms with Crippen LogP contribution in [0.5, 0.6) is 5.75 Å². The van der Waals surface area contributed by atoms with E-state index in [2.05, 4.69) is 0 Å². The third-order valence-corrected chi connectivity index (χ3v) is 6.11. The molecule has 0 saturated carbocycles. The van der Waals surface area contributed by atoms with Gasteiger partial charge >= 0.3 is 0 Å². The normalized spacial score (nSPS) is 14.0. The average Bonchev–Trinajstić information content (AvgIpc) is 2.56. The number of fused-ring (bicyclic) bond motifs is 2. The highest BCUT2D eigenvalue weighted by Crippen LogP contribution is 2.34. The Hall–Kier alpha value is -1.66. The van der Waals surface area contributed by atoms with E-state index >= 15 is 0 Å². The zero-order valence-corrected chi connectivity index (χ0v) is 18.1. The number of rotatable bonds is 4. The quantitative estimate of drug-likeness (QED) is 0.396. The number of hydrogen-bond acceptors (Lipinski definition) is 4. The van der Waals surface area contributed by atoms with Crippen molar-refractivity contribution in [2.45, 2.75) is 33.1 Å². The third-order valence-electron chi connectivity index (χ3n) is 4.80. The lowest BCUT2D eigenvalue weighted by Gasteiger charge is -2.35. The molecular weight excluding hydrogens is 382 g/mol. The van der Waals surface area contributed by atoms with Crippen molar-refractivity contribution in [1.29, 1.82) is 0 Å². The van der Waals surface area contributed by atoms with Gasteiger partial charge in [-0.15, -0.1) is 11.3 Å². The van der Waals surface area contributed by atoms with E-state index in [1.165, 1.54) is 0 Å². The molecule has 3 rings (SSSR count). The van der Waals surface area contributed by atoms with Gasteiger partial charge in [0.2, 0.25) is 0 Å². The van der Waals surface area contributed by atoms with Gasteiger partial charge in [0.05, 0.1) is 21.1 Å². The standard InChI is InChI=1S/C21H26NO3S.ClH/c1-12-13(2)20-16(19(24)15-9-7-8-10-18(15)26-20)11-17(12)25-21(14(3)23)22(4,5)6;/h7-11,14,21,23H,1-6H3;1H/q+1;/p-1. The van der Waals surface area contributed by atoms with Crippen LogP contribution < -0.4 is 22.6 Å². The van der Waals surface area contributed by atoms with Crippen molar-refractivity contribution in [2.75, 3.05) is 21.1 Å². The summed E-state index contributed by atoms with van der Waals surface area (Å²) in [6.45, 7) is 5.76. The van der Waals surface area contributed by atoms with Gasteiger partial charge in [-0.1, -0.05) is 12.1 Å². The van der Waals surface area contributed by atoms with Crippen molar-refractivity contribution in [2.24, 2.45) is 0 Å². The van der Waals surface area contributed by atoms with E-state index in [9.17, 15) is 9.90 Å². The van der Waals surface area contributed by atoms with Gasteiger partial charge in [-0.05, 0) is 50.1 Å². The van der Waals surface area contributed by atoms with E-state index in [0.29, 0.717) is 15.6 Å². The van der Waals surface area contributed by atoms with Gasteiger partial charge in [-0.3, -0.25) is 9.28 Å². The van der Waals surface area contributed by atoms with Gasteiger partial charge < -0.3 is 22.3 Å². The molecule has 1 N–H and O–H groups in total. The first-order valence-electron chi connectivity index (χ1n) is 8.73. The second-order valence-electron chi connectivity index (χ2n) is 7.79. The first-order chi connectivity index (χ1) is 12.1. The van der Waals surface area contributed by atoms with Crippen LogP contribution in [0, 0.1) is 13.8 Å². The fourth-order valence-electron chi connectivity index (χ4n) is 3.32. The largest absolute Gasteiger partial charge is 1.00 e. The summed E-state index contributed by atoms with van der Waals surface area (Å²) in [4.78, 5) is 13.0. The van der Waals surface area contributed by atoms with E-state index < -0.39 is 12.3 Å². The summed E-state index contributed by atoms with van der Waals surface area (Å²) in [5.74, 6) is 0.661. The maximum Gasteiger partial charge on any atom is 0.258 e. The Bertz CT molecular complexity index is 1040. The fourth-order valence-corrected chi connectivity index (χ4v) is 4.52. The van der Waals surface area contributed by atoms with Crippen LogP contribution in [0.1, 0.15) is 18.1 Å². The molecule has 27 heavy (non-hydrogen) atoms. The number of quaternary nitrogens is 1. The van der Waals surface area contributed by atoms with E-state index in [-0.39, 0.29) is 17.8 Å². The Morgan fingerprint density at radius 1 is 1.07 bits per heavy atom. The van der Waals surface area contributed by atoms with Crippen molar-refractivity contribution in [3.8, 4) is 5.75 Å². The predicted molar refractivity (Wildman–Crippen MR) is 109 cm³/mol. The van der Waals surface area contributed by atoms with Crippen LogP contribution in [-0.4, -0.2) is 43.1 Å².